The van der Waals surface area contributed by atoms with Crippen LogP contribution in [0, 0.1) is 0 Å². The van der Waals surface area contributed by atoms with Crippen molar-refractivity contribution in [3.05, 3.63) is 42.1 Å². The molecule has 7 nitrogen and oxygen atoms in total. The largest absolute Gasteiger partial charge is 0.467 e. The fourth-order valence-electron chi connectivity index (χ4n) is 1.92. The number of aromatic nitrogens is 2. The van der Waals surface area contributed by atoms with E-state index in [1.807, 2.05) is 29.9 Å². The Hall–Kier alpha value is -1.55. The summed E-state index contributed by atoms with van der Waals surface area (Å²) < 4.78 is 12.6. The Kier molecular flexibility index (Phi) is 9.37. The number of ether oxygens (including phenoxy) is 1. The van der Waals surface area contributed by atoms with Crippen LogP contribution in [0.4, 0.5) is 0 Å². The molecule has 0 aliphatic carbocycles. The lowest BCUT2D eigenvalue weighted by Crippen LogP contribution is -2.37. The number of nitrogens with zero attached hydrogens (tertiary/aromatic N) is 3. The lowest BCUT2D eigenvalue weighted by Gasteiger charge is -2.12. The molecule has 0 unspecified atom stereocenters. The zero-order valence-corrected chi connectivity index (χ0v) is 15.8. The number of rotatable bonds is 8. The molecule has 2 aromatic rings. The molecule has 0 saturated heterocycles. The summed E-state index contributed by atoms with van der Waals surface area (Å²) in [6, 6.07) is 5.74. The standard InChI is InChI=1S/C15H23N5O2.HI/c1-16-15(18-11-13-6-8-19-20(13)2)17-7-4-9-21-12-14-5-3-10-22-14;/h3,5-6,8,10H,4,7,9,11-12H2,1-2H3,(H2,16,17,18);1H. The summed E-state index contributed by atoms with van der Waals surface area (Å²) in [7, 11) is 3.68. The average Bonchev–Trinajstić information content (AvgIpc) is 3.17. The van der Waals surface area contributed by atoms with Gasteiger partial charge in [-0.25, -0.2) is 0 Å². The third-order valence-corrected chi connectivity index (χ3v) is 3.17. The van der Waals surface area contributed by atoms with Gasteiger partial charge < -0.3 is 19.8 Å². The van der Waals surface area contributed by atoms with Crippen LogP contribution in [0.1, 0.15) is 17.9 Å². The fourth-order valence-corrected chi connectivity index (χ4v) is 1.92. The lowest BCUT2D eigenvalue weighted by atomic mass is 10.4. The fraction of sp³-hybridized carbons (Fsp3) is 0.467. The van der Waals surface area contributed by atoms with E-state index in [1.165, 1.54) is 0 Å². The third kappa shape index (κ3) is 7.04. The highest BCUT2D eigenvalue weighted by Crippen LogP contribution is 2.01. The van der Waals surface area contributed by atoms with Crippen molar-refractivity contribution >= 4 is 29.9 Å². The first-order valence-electron chi connectivity index (χ1n) is 7.31. The van der Waals surface area contributed by atoms with Crippen LogP contribution in [0.15, 0.2) is 40.1 Å². The lowest BCUT2D eigenvalue weighted by molar-refractivity contribution is 0.105. The van der Waals surface area contributed by atoms with E-state index in [0.29, 0.717) is 19.8 Å². The molecule has 0 aliphatic rings. The molecule has 2 rings (SSSR count). The number of halogens is 1. The van der Waals surface area contributed by atoms with Crippen molar-refractivity contribution in [2.75, 3.05) is 20.2 Å². The van der Waals surface area contributed by atoms with Gasteiger partial charge >= 0.3 is 0 Å². The van der Waals surface area contributed by atoms with Crippen LogP contribution in [0.3, 0.4) is 0 Å². The molecule has 2 aromatic heterocycles. The highest BCUT2D eigenvalue weighted by Gasteiger charge is 2.01. The van der Waals surface area contributed by atoms with Crippen molar-refractivity contribution in [1.29, 1.82) is 0 Å². The van der Waals surface area contributed by atoms with E-state index in [4.69, 9.17) is 9.15 Å². The van der Waals surface area contributed by atoms with Crippen LogP contribution >= 0.6 is 24.0 Å². The summed E-state index contributed by atoms with van der Waals surface area (Å²) >= 11 is 0. The molecule has 128 valence electrons. The molecule has 0 amide bonds. The Labute approximate surface area is 153 Å². The van der Waals surface area contributed by atoms with Crippen LogP contribution in [-0.2, 0) is 24.9 Å². The molecule has 0 spiro atoms. The number of aliphatic imine (C=N–C) groups is 1. The first-order chi connectivity index (χ1) is 10.8. The quantitative estimate of drug-likeness (QED) is 0.288. The number of hydrogen-bond acceptors (Lipinski definition) is 4. The molecule has 23 heavy (non-hydrogen) atoms. The van der Waals surface area contributed by atoms with E-state index in [1.54, 1.807) is 19.5 Å². The number of nitrogens with one attached hydrogen (secondary N) is 2. The molecule has 0 radical (unpaired) electrons. The Morgan fingerprint density at radius 1 is 1.39 bits per heavy atom. The summed E-state index contributed by atoms with van der Waals surface area (Å²) in [5.74, 6) is 1.62. The minimum absolute atomic E-state index is 0. The summed E-state index contributed by atoms with van der Waals surface area (Å²) in [6.07, 6.45) is 4.33. The van der Waals surface area contributed by atoms with Crippen molar-refractivity contribution in [3.63, 3.8) is 0 Å². The molecular formula is C15H24IN5O2. The molecule has 0 aromatic carbocycles. The maximum atomic E-state index is 5.52. The highest BCUT2D eigenvalue weighted by molar-refractivity contribution is 14.0. The summed E-state index contributed by atoms with van der Waals surface area (Å²) in [4.78, 5) is 4.18. The van der Waals surface area contributed by atoms with Gasteiger partial charge in [-0.05, 0) is 24.6 Å². The SMILES string of the molecule is CN=C(NCCCOCc1ccco1)NCc1ccnn1C.I. The number of furan rings is 1. The van der Waals surface area contributed by atoms with Gasteiger partial charge in [0.15, 0.2) is 5.96 Å². The zero-order chi connectivity index (χ0) is 15.6. The van der Waals surface area contributed by atoms with Crippen molar-refractivity contribution in [2.45, 2.75) is 19.6 Å². The Balaban J connectivity index is 0.00000264. The minimum Gasteiger partial charge on any atom is -0.467 e. The normalized spacial score (nSPS) is 11.1. The molecule has 0 atom stereocenters. The summed E-state index contributed by atoms with van der Waals surface area (Å²) in [5, 5.41) is 10.6. The smallest absolute Gasteiger partial charge is 0.191 e. The van der Waals surface area contributed by atoms with Gasteiger partial charge in [0.25, 0.3) is 0 Å². The van der Waals surface area contributed by atoms with Crippen molar-refractivity contribution in [1.82, 2.24) is 20.4 Å². The number of aryl methyl sites for hydroxylation is 1. The van der Waals surface area contributed by atoms with Crippen molar-refractivity contribution in [3.8, 4) is 0 Å². The van der Waals surface area contributed by atoms with Crippen LogP contribution < -0.4 is 10.6 Å². The number of hydrogen-bond donors (Lipinski definition) is 2. The molecule has 2 N–H and O–H groups in total. The van der Waals surface area contributed by atoms with E-state index in [9.17, 15) is 0 Å². The van der Waals surface area contributed by atoms with Crippen molar-refractivity contribution < 1.29 is 9.15 Å². The molecule has 2 heterocycles. The maximum absolute atomic E-state index is 5.52. The van der Waals surface area contributed by atoms with E-state index < -0.39 is 0 Å². The van der Waals surface area contributed by atoms with Gasteiger partial charge in [-0.1, -0.05) is 0 Å². The predicted octanol–water partition coefficient (Wildman–Crippen LogP) is 1.90. The zero-order valence-electron chi connectivity index (χ0n) is 13.5. The van der Waals surface area contributed by atoms with E-state index in [2.05, 4.69) is 20.7 Å². The Bertz CT molecular complexity index is 568. The van der Waals surface area contributed by atoms with Gasteiger partial charge in [-0.15, -0.1) is 24.0 Å². The predicted molar refractivity (Wildman–Crippen MR) is 99.8 cm³/mol. The Morgan fingerprint density at radius 2 is 2.26 bits per heavy atom. The Morgan fingerprint density at radius 3 is 2.91 bits per heavy atom. The van der Waals surface area contributed by atoms with Gasteiger partial charge in [0, 0.05) is 33.4 Å². The van der Waals surface area contributed by atoms with Gasteiger partial charge in [0.05, 0.1) is 18.5 Å². The topological polar surface area (TPSA) is 76.6 Å². The maximum Gasteiger partial charge on any atom is 0.191 e. The van der Waals surface area contributed by atoms with Crippen LogP contribution in [0.5, 0.6) is 0 Å². The molecule has 0 fully saturated rings. The van der Waals surface area contributed by atoms with Gasteiger partial charge in [-0.3, -0.25) is 9.67 Å². The molecule has 8 heteroatoms. The monoisotopic (exact) mass is 433 g/mol. The number of guanidine groups is 1. The summed E-state index contributed by atoms with van der Waals surface area (Å²) in [6.45, 7) is 2.67. The first kappa shape index (κ1) is 19.5. The van der Waals surface area contributed by atoms with Crippen LogP contribution in [0.2, 0.25) is 0 Å². The van der Waals surface area contributed by atoms with Crippen molar-refractivity contribution in [2.24, 2.45) is 12.0 Å². The highest BCUT2D eigenvalue weighted by atomic mass is 127. The minimum atomic E-state index is 0. The second kappa shape index (κ2) is 11.1. The van der Waals surface area contributed by atoms with Crippen LogP contribution in [0.25, 0.3) is 0 Å². The average molecular weight is 433 g/mol. The van der Waals surface area contributed by atoms with E-state index in [-0.39, 0.29) is 24.0 Å². The summed E-state index contributed by atoms with van der Waals surface area (Å²) in [5.41, 5.74) is 1.10. The van der Waals surface area contributed by atoms with Gasteiger partial charge in [0.1, 0.15) is 12.4 Å². The van der Waals surface area contributed by atoms with Gasteiger partial charge in [-0.2, -0.15) is 5.10 Å². The van der Waals surface area contributed by atoms with E-state index >= 15 is 0 Å². The first-order valence-corrected chi connectivity index (χ1v) is 7.31. The molecule has 0 bridgehead atoms. The molecule has 0 saturated carbocycles. The van der Waals surface area contributed by atoms with Crippen LogP contribution in [-0.4, -0.2) is 35.9 Å². The third-order valence-electron chi connectivity index (χ3n) is 3.17. The van der Waals surface area contributed by atoms with Gasteiger partial charge in [0.2, 0.25) is 0 Å². The second-order valence-electron chi connectivity index (χ2n) is 4.78. The molecule has 0 aliphatic heterocycles. The second-order valence-corrected chi connectivity index (χ2v) is 4.78. The molecular weight excluding hydrogens is 409 g/mol. The van der Waals surface area contributed by atoms with E-state index in [0.717, 1.165) is 30.4 Å².